The smallest absolute Gasteiger partial charge is 0.322 e. The molecule has 412 valence electrons. The molecule has 27 heteroatoms. The number of hydrogen-bond donors (Lipinski definition) is 14. The summed E-state index contributed by atoms with van der Waals surface area (Å²) in [6, 6.07) is 3.30. The summed E-state index contributed by atoms with van der Waals surface area (Å²) in [5, 5.41) is 36.4. The number of unbranched alkanes of at least 4 members (excludes halogenated alkanes) is 1. The average Bonchev–Trinajstić information content (AvgIpc) is 3.88. The predicted molar refractivity (Wildman–Crippen MR) is 279 cm³/mol. The van der Waals surface area contributed by atoms with Crippen molar-refractivity contribution in [3.63, 3.8) is 0 Å². The first-order valence-corrected chi connectivity index (χ1v) is 25.4. The van der Waals surface area contributed by atoms with Crippen LogP contribution in [0.3, 0.4) is 0 Å². The van der Waals surface area contributed by atoms with E-state index in [-0.39, 0.29) is 62.3 Å². The molecule has 75 heavy (non-hydrogen) atoms. The molecule has 0 saturated carbocycles. The normalized spacial score (nSPS) is 15.8. The van der Waals surface area contributed by atoms with E-state index in [0.29, 0.717) is 36.9 Å². The van der Waals surface area contributed by atoms with Gasteiger partial charge in [-0.1, -0.05) is 42.5 Å². The van der Waals surface area contributed by atoms with Gasteiger partial charge in [0.1, 0.15) is 54.6 Å². The fourth-order valence-corrected chi connectivity index (χ4v) is 8.18. The number of thiol groups is 2. The van der Waals surface area contributed by atoms with Gasteiger partial charge in [-0.25, -0.2) is 0 Å². The molecule has 2 aromatic carbocycles. The monoisotopic (exact) mass is 1090 g/mol. The minimum Gasteiger partial charge on any atom is -0.508 e. The van der Waals surface area contributed by atoms with Crippen molar-refractivity contribution in [2.45, 2.75) is 113 Å². The number of aromatic hydroxyl groups is 1. The first kappa shape index (κ1) is 62.3. The standard InChI is InChI=1S/C48H70N12O13S2/c1-59(2)39(63)18-17-32(53-44(69)34(21-27-9-4-3-5-10-27)56-45(70)33(55-41(66)30(50)25-74)22-28-13-15-29(61)16-14-28)43(68)57-35(23-38(51)62)46(71)58-36(26-75)48(73)60-20-8-12-37(60)47(72)54-31(11-6-7-19-49)42(67)52-24-40(64)65/h3-5,9-10,13-16,30-37,61,74-75H,6-8,11-12,17-26,49-50H2,1-2H3,(H2,51,62)(H,52,67)(H,53,69)(H,54,72)(H,55,66)(H,56,70)(H,57,68)(H,58,71)(H,64,65)/t30-,31-,32-,33-,34-,35-,36-,37+/m0/s1. The number of carboxylic acids is 1. The van der Waals surface area contributed by atoms with Crippen LogP contribution in [-0.4, -0.2) is 179 Å². The molecule has 0 aromatic heterocycles. The van der Waals surface area contributed by atoms with Gasteiger partial charge < -0.3 is 74.4 Å². The van der Waals surface area contributed by atoms with Crippen molar-refractivity contribution < 1.29 is 63.0 Å². The van der Waals surface area contributed by atoms with E-state index in [0.717, 1.165) is 0 Å². The van der Waals surface area contributed by atoms with Gasteiger partial charge >= 0.3 is 5.97 Å². The van der Waals surface area contributed by atoms with Crippen molar-refractivity contribution in [1.82, 2.24) is 47.0 Å². The van der Waals surface area contributed by atoms with Crippen LogP contribution in [0, 0.1) is 0 Å². The highest BCUT2D eigenvalue weighted by Crippen LogP contribution is 2.20. The molecule has 25 nitrogen and oxygen atoms in total. The number of phenolic OH excluding ortho intramolecular Hbond substituents is 1. The number of hydrogen-bond acceptors (Lipinski definition) is 16. The molecule has 2 aromatic rings. The Morgan fingerprint density at radius 3 is 1.77 bits per heavy atom. The fourth-order valence-electron chi connectivity index (χ4n) is 7.76. The number of nitrogens with zero attached hydrogens (tertiary/aromatic N) is 2. The molecule has 1 aliphatic rings. The Hall–Kier alpha value is -6.97. The molecule has 0 unspecified atom stereocenters. The second kappa shape index (κ2) is 31.7. The highest BCUT2D eigenvalue weighted by Gasteiger charge is 2.40. The van der Waals surface area contributed by atoms with Crippen molar-refractivity contribution in [2.24, 2.45) is 17.2 Å². The van der Waals surface area contributed by atoms with Crippen LogP contribution in [0.5, 0.6) is 5.75 Å². The number of carboxylic acid groups (broad SMARTS) is 1. The summed E-state index contributed by atoms with van der Waals surface area (Å²) in [5.74, 6) is -10.2. The number of amides is 10. The summed E-state index contributed by atoms with van der Waals surface area (Å²) >= 11 is 8.33. The lowest BCUT2D eigenvalue weighted by atomic mass is 10.0. The van der Waals surface area contributed by atoms with Gasteiger partial charge in [-0.05, 0) is 68.3 Å². The number of carbonyl (C=O) groups is 11. The zero-order valence-electron chi connectivity index (χ0n) is 41.8. The van der Waals surface area contributed by atoms with Gasteiger partial charge in [0.15, 0.2) is 0 Å². The molecule has 1 heterocycles. The van der Waals surface area contributed by atoms with Crippen LogP contribution in [0.1, 0.15) is 62.5 Å². The topological polar surface area (TPSA) is 397 Å². The quantitative estimate of drug-likeness (QED) is 0.0256. The van der Waals surface area contributed by atoms with Crippen LogP contribution >= 0.6 is 25.3 Å². The maximum absolute atomic E-state index is 14.4. The molecule has 1 aliphatic heterocycles. The molecule has 10 amide bonds. The van der Waals surface area contributed by atoms with Gasteiger partial charge in [0.05, 0.1) is 12.5 Å². The molecular weight excluding hydrogens is 1020 g/mol. The van der Waals surface area contributed by atoms with Crippen LogP contribution < -0.4 is 54.4 Å². The molecular formula is C48H70N12O13S2. The molecule has 1 fully saturated rings. The Morgan fingerprint density at radius 1 is 0.680 bits per heavy atom. The maximum atomic E-state index is 14.4. The van der Waals surface area contributed by atoms with Crippen molar-refractivity contribution in [2.75, 3.05) is 45.2 Å². The molecule has 0 spiro atoms. The van der Waals surface area contributed by atoms with Gasteiger partial charge in [0.2, 0.25) is 59.1 Å². The van der Waals surface area contributed by atoms with Crippen molar-refractivity contribution >= 4 is 90.3 Å². The maximum Gasteiger partial charge on any atom is 0.322 e. The van der Waals surface area contributed by atoms with E-state index >= 15 is 0 Å². The van der Waals surface area contributed by atoms with Gasteiger partial charge in [0.25, 0.3) is 0 Å². The van der Waals surface area contributed by atoms with E-state index in [1.165, 1.54) is 48.2 Å². The van der Waals surface area contributed by atoms with E-state index in [4.69, 9.17) is 22.3 Å². The summed E-state index contributed by atoms with van der Waals surface area (Å²) in [5.41, 5.74) is 18.1. The average molecular weight is 1090 g/mol. The summed E-state index contributed by atoms with van der Waals surface area (Å²) in [6.45, 7) is -0.338. The van der Waals surface area contributed by atoms with E-state index in [1.54, 1.807) is 30.3 Å². The fraction of sp³-hybridized carbons (Fsp3) is 0.521. The summed E-state index contributed by atoms with van der Waals surface area (Å²) < 4.78 is 0. The number of primary amides is 1. The van der Waals surface area contributed by atoms with Crippen LogP contribution in [0.25, 0.3) is 0 Å². The van der Waals surface area contributed by atoms with Gasteiger partial charge in [-0.15, -0.1) is 0 Å². The molecule has 8 atom stereocenters. The lowest BCUT2D eigenvalue weighted by molar-refractivity contribution is -0.142. The second-order valence-corrected chi connectivity index (χ2v) is 18.7. The summed E-state index contributed by atoms with van der Waals surface area (Å²) in [6.07, 6.45) is -0.196. The van der Waals surface area contributed by atoms with E-state index in [1.807, 2.05) is 0 Å². The molecule has 0 aliphatic carbocycles. The van der Waals surface area contributed by atoms with Gasteiger partial charge in [-0.2, -0.15) is 25.3 Å². The molecule has 1 saturated heterocycles. The number of benzene rings is 2. The number of nitrogens with one attached hydrogen (secondary N) is 7. The van der Waals surface area contributed by atoms with Crippen LogP contribution in [-0.2, 0) is 65.6 Å². The van der Waals surface area contributed by atoms with E-state index in [2.05, 4.69) is 62.5 Å². The number of nitrogens with two attached hydrogens (primary N) is 3. The first-order valence-electron chi connectivity index (χ1n) is 24.2. The largest absolute Gasteiger partial charge is 0.508 e. The molecule has 0 bridgehead atoms. The molecule has 15 N–H and O–H groups in total. The zero-order valence-corrected chi connectivity index (χ0v) is 43.6. The Kier molecular flexibility index (Phi) is 26.3. The highest BCUT2D eigenvalue weighted by molar-refractivity contribution is 7.80. The van der Waals surface area contributed by atoms with Crippen molar-refractivity contribution in [1.29, 1.82) is 0 Å². The highest BCUT2D eigenvalue weighted by atomic mass is 32.1. The second-order valence-electron chi connectivity index (χ2n) is 18.0. The number of likely N-dealkylation sites (tertiary alicyclic amines) is 1. The first-order chi connectivity index (χ1) is 35.6. The zero-order chi connectivity index (χ0) is 55.8. The van der Waals surface area contributed by atoms with Crippen molar-refractivity contribution in [3.05, 3.63) is 65.7 Å². The van der Waals surface area contributed by atoms with Crippen LogP contribution in [0.15, 0.2) is 54.6 Å². The number of phenols is 1. The molecule has 0 radical (unpaired) electrons. The third-order valence-corrected chi connectivity index (χ3v) is 12.7. The summed E-state index contributed by atoms with van der Waals surface area (Å²) in [7, 11) is 2.93. The van der Waals surface area contributed by atoms with Crippen molar-refractivity contribution in [3.8, 4) is 5.75 Å². The number of aliphatic carboxylic acids is 1. The SMILES string of the molecule is CN(C)C(=O)CC[C@H](NC(=O)[C@H](Cc1ccccc1)NC(=O)[C@H](Cc1ccc(O)cc1)NC(=O)[C@@H](N)CS)C(=O)N[C@@H](CC(N)=O)C(=O)N[C@@H](CS)C(=O)N1CCC[C@@H]1C(=O)N[C@@H](CCCCN)C(=O)NCC(=O)O. The summed E-state index contributed by atoms with van der Waals surface area (Å²) in [4.78, 5) is 149. The lowest BCUT2D eigenvalue weighted by Crippen LogP contribution is -2.61. The minimum absolute atomic E-state index is 0.0492. The Morgan fingerprint density at radius 2 is 1.21 bits per heavy atom. The molecule has 3 rings (SSSR count). The minimum atomic E-state index is -1.78. The van der Waals surface area contributed by atoms with Crippen LogP contribution in [0.2, 0.25) is 0 Å². The third-order valence-electron chi connectivity index (χ3n) is 11.9. The third kappa shape index (κ3) is 21.1. The Labute approximate surface area is 445 Å². The predicted octanol–water partition coefficient (Wildman–Crippen LogP) is -3.66. The number of carbonyl (C=O) groups excluding carboxylic acids is 10. The van der Waals surface area contributed by atoms with Gasteiger partial charge in [0, 0.05) is 51.4 Å². The lowest BCUT2D eigenvalue weighted by Gasteiger charge is -2.30. The van der Waals surface area contributed by atoms with E-state index in [9.17, 15) is 57.8 Å². The number of rotatable bonds is 31. The van der Waals surface area contributed by atoms with E-state index < -0.39 is 126 Å². The Bertz CT molecular complexity index is 2310. The Balaban J connectivity index is 1.90. The van der Waals surface area contributed by atoms with Gasteiger partial charge in [-0.3, -0.25) is 52.7 Å². The van der Waals surface area contributed by atoms with Crippen LogP contribution in [0.4, 0.5) is 0 Å².